The Kier molecular flexibility index (Phi) is 6.44. The summed E-state index contributed by atoms with van der Waals surface area (Å²) >= 11 is 4.37. The Morgan fingerprint density at radius 2 is 2.25 bits per heavy atom. The van der Waals surface area contributed by atoms with E-state index < -0.39 is 10.8 Å². The fourth-order valence-corrected chi connectivity index (χ4v) is 2.97. The average Bonchev–Trinajstić information content (AvgIpc) is 3.02. The molecule has 1 aromatic heterocycles. The molecule has 0 saturated heterocycles. The van der Waals surface area contributed by atoms with Crippen LogP contribution in [0.5, 0.6) is 5.75 Å². The van der Waals surface area contributed by atoms with Gasteiger partial charge >= 0.3 is 5.00 Å². The highest BCUT2D eigenvalue weighted by Crippen LogP contribution is 2.26. The number of carbonyl (C=O) groups excluding carboxylic acids is 1. The number of halogens is 1. The van der Waals surface area contributed by atoms with E-state index in [9.17, 15) is 14.9 Å². The van der Waals surface area contributed by atoms with Gasteiger partial charge in [-0.1, -0.05) is 24.3 Å². The molecule has 24 heavy (non-hydrogen) atoms. The molecule has 0 bridgehead atoms. The first-order chi connectivity index (χ1) is 11.5. The lowest BCUT2D eigenvalue weighted by molar-refractivity contribution is -0.380. The first kappa shape index (κ1) is 18.1. The molecule has 0 atom stereocenters. The van der Waals surface area contributed by atoms with E-state index >= 15 is 0 Å². The van der Waals surface area contributed by atoms with Crippen molar-refractivity contribution >= 4 is 44.4 Å². The Morgan fingerprint density at radius 1 is 1.46 bits per heavy atom. The van der Waals surface area contributed by atoms with Gasteiger partial charge in [-0.25, -0.2) is 5.43 Å². The van der Waals surface area contributed by atoms with Crippen LogP contribution in [0.4, 0.5) is 5.00 Å². The molecule has 0 aliphatic carbocycles. The number of thiophene rings is 1. The van der Waals surface area contributed by atoms with Crippen LogP contribution in [0, 0.1) is 10.1 Å². The van der Waals surface area contributed by atoms with Crippen LogP contribution in [0.2, 0.25) is 0 Å². The molecule has 1 heterocycles. The minimum atomic E-state index is -0.476. The monoisotopic (exact) mass is 411 g/mol. The molecule has 1 aromatic carbocycles. The Hall–Kier alpha value is -2.26. The van der Waals surface area contributed by atoms with Gasteiger partial charge in [-0.2, -0.15) is 5.10 Å². The minimum Gasteiger partial charge on any atom is -0.483 e. The summed E-state index contributed by atoms with van der Waals surface area (Å²) in [5, 5.41) is 14.3. The predicted octanol–water partition coefficient (Wildman–Crippen LogP) is 3.51. The highest BCUT2D eigenvalue weighted by atomic mass is 79.9. The van der Waals surface area contributed by atoms with Crippen LogP contribution in [0.1, 0.15) is 17.4 Å². The maximum absolute atomic E-state index is 11.7. The number of nitrogens with zero attached hydrogens (tertiary/aromatic N) is 2. The van der Waals surface area contributed by atoms with Crippen molar-refractivity contribution in [3.8, 4) is 5.75 Å². The summed E-state index contributed by atoms with van der Waals surface area (Å²) in [6.45, 7) is 1.86. The number of hydrazone groups is 1. The van der Waals surface area contributed by atoms with Crippen molar-refractivity contribution in [3.63, 3.8) is 0 Å². The van der Waals surface area contributed by atoms with Crippen molar-refractivity contribution in [1.29, 1.82) is 0 Å². The lowest BCUT2D eigenvalue weighted by Crippen LogP contribution is -2.24. The number of carbonyl (C=O) groups is 1. The number of amides is 1. The van der Waals surface area contributed by atoms with E-state index in [0.29, 0.717) is 10.6 Å². The van der Waals surface area contributed by atoms with Gasteiger partial charge in [-0.3, -0.25) is 14.9 Å². The van der Waals surface area contributed by atoms with Crippen LogP contribution in [0.15, 0.2) is 39.9 Å². The fourth-order valence-electron chi connectivity index (χ4n) is 1.73. The molecule has 0 aliphatic heterocycles. The maximum atomic E-state index is 11.7. The van der Waals surface area contributed by atoms with Crippen LogP contribution in [0.25, 0.3) is 0 Å². The molecular formula is C15H14BrN3O4S. The Morgan fingerprint density at radius 3 is 2.88 bits per heavy atom. The molecule has 7 nitrogen and oxygen atoms in total. The first-order valence-corrected chi connectivity index (χ1v) is 8.58. The number of nitro groups is 1. The molecule has 0 aliphatic rings. The lowest BCUT2D eigenvalue weighted by atomic mass is 10.2. The third-order valence-corrected chi connectivity index (χ3v) is 4.53. The molecule has 0 saturated carbocycles. The van der Waals surface area contributed by atoms with Gasteiger partial charge in [0.25, 0.3) is 5.91 Å². The minimum absolute atomic E-state index is 0.0199. The van der Waals surface area contributed by atoms with Crippen LogP contribution in [-0.2, 0) is 11.2 Å². The van der Waals surface area contributed by atoms with Crippen molar-refractivity contribution in [3.05, 3.63) is 55.4 Å². The second kappa shape index (κ2) is 8.55. The number of benzene rings is 1. The van der Waals surface area contributed by atoms with E-state index in [0.717, 1.165) is 27.8 Å². The maximum Gasteiger partial charge on any atom is 0.324 e. The van der Waals surface area contributed by atoms with Crippen LogP contribution in [0.3, 0.4) is 0 Å². The molecule has 0 spiro atoms. The van der Waals surface area contributed by atoms with Crippen molar-refractivity contribution < 1.29 is 14.5 Å². The topological polar surface area (TPSA) is 93.8 Å². The molecule has 1 N–H and O–H groups in total. The van der Waals surface area contributed by atoms with E-state index in [1.54, 1.807) is 12.1 Å². The molecule has 1 amide bonds. The van der Waals surface area contributed by atoms with Crippen molar-refractivity contribution in [1.82, 2.24) is 5.43 Å². The highest BCUT2D eigenvalue weighted by molar-refractivity contribution is 9.10. The summed E-state index contributed by atoms with van der Waals surface area (Å²) in [4.78, 5) is 22.3. The van der Waals surface area contributed by atoms with Gasteiger partial charge in [0.1, 0.15) is 5.75 Å². The number of hydrogen-bond acceptors (Lipinski definition) is 6. The van der Waals surface area contributed by atoms with Gasteiger partial charge in [-0.15, -0.1) is 0 Å². The standard InChI is InChI=1S/C15H14BrN3O4S/c1-2-10-3-5-13(12(16)7-10)23-9-14(20)18-17-8-11-4-6-15(24-11)19(21)22/h3-8H,2,9H2,1H3,(H,18,20). The van der Waals surface area contributed by atoms with Gasteiger partial charge in [-0.05, 0) is 46.1 Å². The molecule has 126 valence electrons. The van der Waals surface area contributed by atoms with Gasteiger partial charge < -0.3 is 4.74 Å². The van der Waals surface area contributed by atoms with Crippen LogP contribution < -0.4 is 10.2 Å². The van der Waals surface area contributed by atoms with E-state index in [2.05, 4.69) is 33.4 Å². The summed E-state index contributed by atoms with van der Waals surface area (Å²) in [6, 6.07) is 8.61. The van der Waals surface area contributed by atoms with Gasteiger partial charge in [0, 0.05) is 6.07 Å². The first-order valence-electron chi connectivity index (χ1n) is 6.97. The molecule has 2 rings (SSSR count). The lowest BCUT2D eigenvalue weighted by Gasteiger charge is -2.08. The number of aryl methyl sites for hydroxylation is 1. The molecule has 0 radical (unpaired) electrons. The largest absolute Gasteiger partial charge is 0.483 e. The second-order valence-corrected chi connectivity index (χ2v) is 6.58. The summed E-state index contributed by atoms with van der Waals surface area (Å²) in [5.74, 6) is 0.143. The molecule has 0 fully saturated rings. The molecule has 9 heteroatoms. The van der Waals surface area contributed by atoms with E-state index in [1.807, 2.05) is 12.1 Å². The Labute approximate surface area is 150 Å². The third kappa shape index (κ3) is 5.14. The summed E-state index contributed by atoms with van der Waals surface area (Å²) in [7, 11) is 0. The zero-order chi connectivity index (χ0) is 17.5. The summed E-state index contributed by atoms with van der Waals surface area (Å²) in [6.07, 6.45) is 2.26. The zero-order valence-corrected chi connectivity index (χ0v) is 15.1. The van der Waals surface area contributed by atoms with Crippen LogP contribution >= 0.6 is 27.3 Å². The smallest absolute Gasteiger partial charge is 0.324 e. The second-order valence-electron chi connectivity index (χ2n) is 4.63. The SMILES string of the molecule is CCc1ccc(OCC(=O)NN=Cc2ccc([N+](=O)[O-])s2)c(Br)c1. The Bertz CT molecular complexity index is 776. The normalized spacial score (nSPS) is 10.8. The number of hydrogen-bond donors (Lipinski definition) is 1. The molecular weight excluding hydrogens is 398 g/mol. The van der Waals surface area contributed by atoms with Gasteiger partial charge in [0.15, 0.2) is 6.61 Å². The average molecular weight is 412 g/mol. The van der Waals surface area contributed by atoms with Crippen molar-refractivity contribution in [2.75, 3.05) is 6.61 Å². The number of rotatable bonds is 7. The van der Waals surface area contributed by atoms with Gasteiger partial charge in [0.2, 0.25) is 0 Å². The molecule has 0 unspecified atom stereocenters. The highest BCUT2D eigenvalue weighted by Gasteiger charge is 2.08. The number of ether oxygens (including phenoxy) is 1. The fraction of sp³-hybridized carbons (Fsp3) is 0.200. The predicted molar refractivity (Wildman–Crippen MR) is 95.7 cm³/mol. The summed E-state index contributed by atoms with van der Waals surface area (Å²) in [5.41, 5.74) is 3.47. The van der Waals surface area contributed by atoms with E-state index in [1.165, 1.54) is 12.3 Å². The van der Waals surface area contributed by atoms with Crippen LogP contribution in [-0.4, -0.2) is 23.7 Å². The summed E-state index contributed by atoms with van der Waals surface area (Å²) < 4.78 is 6.20. The van der Waals surface area contributed by atoms with Gasteiger partial charge in [0.05, 0.1) is 20.5 Å². The van der Waals surface area contributed by atoms with E-state index in [4.69, 9.17) is 4.74 Å². The van der Waals surface area contributed by atoms with Crippen molar-refractivity contribution in [2.45, 2.75) is 13.3 Å². The van der Waals surface area contributed by atoms with E-state index in [-0.39, 0.29) is 11.6 Å². The zero-order valence-electron chi connectivity index (χ0n) is 12.7. The molecule has 2 aromatic rings. The number of nitrogens with one attached hydrogen (secondary N) is 1. The quantitative estimate of drug-likeness (QED) is 0.428. The Balaban J connectivity index is 1.82. The van der Waals surface area contributed by atoms with Crippen molar-refractivity contribution in [2.24, 2.45) is 5.10 Å². The third-order valence-electron chi connectivity index (χ3n) is 2.94.